The van der Waals surface area contributed by atoms with Crippen LogP contribution in [0.5, 0.6) is 0 Å². The molecule has 0 aliphatic heterocycles. The Kier molecular flexibility index (Phi) is 4.87. The number of pyridine rings is 1. The quantitative estimate of drug-likeness (QED) is 0.379. The lowest BCUT2D eigenvalue weighted by Gasteiger charge is -2.19. The molecule has 9 nitrogen and oxygen atoms in total. The summed E-state index contributed by atoms with van der Waals surface area (Å²) in [5, 5.41) is 8.48. The first kappa shape index (κ1) is 20.4. The molecule has 0 atom stereocenters. The fourth-order valence-corrected chi connectivity index (χ4v) is 3.85. The summed E-state index contributed by atoms with van der Waals surface area (Å²) in [5.41, 5.74) is 13.8. The van der Waals surface area contributed by atoms with Gasteiger partial charge < -0.3 is 11.5 Å². The van der Waals surface area contributed by atoms with E-state index in [-0.39, 0.29) is 61.9 Å². The molecule has 160 valence electrons. The Morgan fingerprint density at radius 1 is 0.758 bits per heavy atom. The number of carbonyl (C=O) groups excluding carboxylic acids is 2. The summed E-state index contributed by atoms with van der Waals surface area (Å²) in [6.07, 6.45) is 3.20. The number of nitrogen functional groups attached to an aromatic ring is 2. The highest BCUT2D eigenvalue weighted by molar-refractivity contribution is 6.39. The highest BCUT2D eigenvalue weighted by atomic mass is 35.5. The van der Waals surface area contributed by atoms with E-state index >= 15 is 0 Å². The average molecular weight is 456 g/mol. The Hall–Kier alpha value is -4.50. The van der Waals surface area contributed by atoms with Crippen molar-refractivity contribution in [2.75, 3.05) is 11.5 Å². The molecule has 4 N–H and O–H groups in total. The molecule has 2 aromatic carbocycles. The van der Waals surface area contributed by atoms with Crippen LogP contribution >= 0.6 is 11.6 Å². The van der Waals surface area contributed by atoms with Crippen LogP contribution < -0.4 is 11.5 Å². The van der Waals surface area contributed by atoms with Gasteiger partial charge in [-0.05, 0) is 24.3 Å². The van der Waals surface area contributed by atoms with Crippen molar-refractivity contribution in [3.8, 4) is 11.4 Å². The van der Waals surface area contributed by atoms with Crippen LogP contribution in [0.25, 0.3) is 11.4 Å². The number of carbonyl (C=O) groups is 2. The summed E-state index contributed by atoms with van der Waals surface area (Å²) in [7, 11) is 0. The zero-order chi connectivity index (χ0) is 23.1. The van der Waals surface area contributed by atoms with Crippen molar-refractivity contribution in [3.05, 3.63) is 88.2 Å². The second kappa shape index (κ2) is 7.88. The van der Waals surface area contributed by atoms with Gasteiger partial charge in [-0.25, -0.2) is 9.97 Å². The lowest BCUT2D eigenvalue weighted by Crippen LogP contribution is -2.21. The third-order valence-corrected chi connectivity index (χ3v) is 5.45. The van der Waals surface area contributed by atoms with Gasteiger partial charge >= 0.3 is 0 Å². The van der Waals surface area contributed by atoms with Crippen molar-refractivity contribution in [1.29, 1.82) is 0 Å². The summed E-state index contributed by atoms with van der Waals surface area (Å²) in [5.74, 6) is -0.379. The molecule has 10 heteroatoms. The molecule has 1 aliphatic carbocycles. The van der Waals surface area contributed by atoms with Gasteiger partial charge in [0, 0.05) is 29.1 Å². The van der Waals surface area contributed by atoms with Gasteiger partial charge in [0.15, 0.2) is 34.7 Å². The molecule has 5 rings (SSSR count). The molecule has 0 fully saturated rings. The second-order valence-electron chi connectivity index (χ2n) is 7.12. The number of nitrogens with two attached hydrogens (primary N) is 2. The minimum atomic E-state index is -0.373. The van der Waals surface area contributed by atoms with E-state index in [1.807, 2.05) is 0 Å². The van der Waals surface area contributed by atoms with Gasteiger partial charge in [0.2, 0.25) is 0 Å². The van der Waals surface area contributed by atoms with E-state index in [4.69, 9.17) is 23.1 Å². The summed E-state index contributed by atoms with van der Waals surface area (Å²) in [4.78, 5) is 38.6. The number of fused-ring (bicyclic) bond motifs is 2. The molecule has 0 radical (unpaired) electrons. The third-order valence-electron chi connectivity index (χ3n) is 5.13. The number of hydrogen-bond acceptors (Lipinski definition) is 9. The molecule has 0 saturated heterocycles. The standard InChI is InChI=1S/C23H14ClN7O2/c24-14-5-1-3-12-16(14)19(32)13-4-2-6-15(17(13)20(12)33)30-31-18-21(25)28-23(29-22(18)26)11-7-9-27-10-8-11/h1-10H,(H4,25,26,28,29). The van der Waals surface area contributed by atoms with E-state index in [1.165, 1.54) is 0 Å². The maximum Gasteiger partial charge on any atom is 0.196 e. The Labute approximate surface area is 192 Å². The largest absolute Gasteiger partial charge is 0.382 e. The predicted molar refractivity (Wildman–Crippen MR) is 123 cm³/mol. The van der Waals surface area contributed by atoms with Crippen LogP contribution in [0.1, 0.15) is 31.8 Å². The zero-order valence-corrected chi connectivity index (χ0v) is 17.6. The van der Waals surface area contributed by atoms with Crippen LogP contribution in [-0.4, -0.2) is 26.5 Å². The van der Waals surface area contributed by atoms with E-state index in [1.54, 1.807) is 60.9 Å². The monoisotopic (exact) mass is 455 g/mol. The third kappa shape index (κ3) is 3.40. The number of benzene rings is 2. The second-order valence-corrected chi connectivity index (χ2v) is 7.53. The molecule has 0 bridgehead atoms. The van der Waals surface area contributed by atoms with Gasteiger partial charge in [-0.1, -0.05) is 35.9 Å². The highest BCUT2D eigenvalue weighted by Gasteiger charge is 2.33. The van der Waals surface area contributed by atoms with Gasteiger partial charge in [-0.15, -0.1) is 10.2 Å². The summed E-state index contributed by atoms with van der Waals surface area (Å²) in [6.45, 7) is 0. The normalized spacial score (nSPS) is 12.6. The number of ketones is 2. The maximum absolute atomic E-state index is 13.2. The molecule has 1 aliphatic rings. The van der Waals surface area contributed by atoms with E-state index in [0.717, 1.165) is 0 Å². The van der Waals surface area contributed by atoms with E-state index in [2.05, 4.69) is 25.2 Å². The van der Waals surface area contributed by atoms with Gasteiger partial charge in [0.25, 0.3) is 0 Å². The molecular weight excluding hydrogens is 442 g/mol. The van der Waals surface area contributed by atoms with Gasteiger partial charge in [0.1, 0.15) is 0 Å². The number of anilines is 2. The first-order valence-electron chi connectivity index (χ1n) is 9.71. The SMILES string of the molecule is Nc1nc(-c2ccncc2)nc(N)c1N=Nc1cccc2c1C(=O)c1cccc(Cl)c1C2=O. The molecule has 33 heavy (non-hydrogen) atoms. The zero-order valence-electron chi connectivity index (χ0n) is 16.9. The van der Waals surface area contributed by atoms with Gasteiger partial charge in [-0.2, -0.15) is 0 Å². The number of hydrogen-bond donors (Lipinski definition) is 2. The number of halogens is 1. The number of nitrogens with zero attached hydrogens (tertiary/aromatic N) is 5. The molecule has 0 amide bonds. The highest BCUT2D eigenvalue weighted by Crippen LogP contribution is 2.37. The number of azo groups is 1. The fraction of sp³-hybridized carbons (Fsp3) is 0. The lowest BCUT2D eigenvalue weighted by molar-refractivity contribution is 0.0979. The average Bonchev–Trinajstić information content (AvgIpc) is 2.82. The topological polar surface area (TPSA) is 150 Å². The van der Waals surface area contributed by atoms with Gasteiger partial charge in [0.05, 0.1) is 21.8 Å². The number of aromatic nitrogens is 3. The van der Waals surface area contributed by atoms with Crippen molar-refractivity contribution < 1.29 is 9.59 Å². The first-order chi connectivity index (χ1) is 16.0. The van der Waals surface area contributed by atoms with Crippen molar-refractivity contribution in [1.82, 2.24) is 15.0 Å². The molecule has 2 aromatic heterocycles. The Morgan fingerprint density at radius 2 is 1.36 bits per heavy atom. The van der Waals surface area contributed by atoms with Crippen molar-refractivity contribution in [2.45, 2.75) is 0 Å². The Balaban J connectivity index is 1.57. The van der Waals surface area contributed by atoms with Crippen LogP contribution in [0, 0.1) is 0 Å². The van der Waals surface area contributed by atoms with E-state index in [0.29, 0.717) is 11.4 Å². The number of rotatable bonds is 3. The van der Waals surface area contributed by atoms with E-state index < -0.39 is 0 Å². The van der Waals surface area contributed by atoms with Crippen molar-refractivity contribution >= 4 is 46.2 Å². The fourth-order valence-electron chi connectivity index (χ4n) is 3.59. The lowest BCUT2D eigenvalue weighted by atomic mass is 9.83. The Morgan fingerprint density at radius 3 is 2.06 bits per heavy atom. The molecule has 4 aromatic rings. The molecule has 0 saturated carbocycles. The summed E-state index contributed by atoms with van der Waals surface area (Å²) >= 11 is 6.18. The molecule has 2 heterocycles. The maximum atomic E-state index is 13.2. The van der Waals surface area contributed by atoms with Gasteiger partial charge in [-0.3, -0.25) is 14.6 Å². The van der Waals surface area contributed by atoms with Crippen LogP contribution in [0.3, 0.4) is 0 Å². The van der Waals surface area contributed by atoms with E-state index in [9.17, 15) is 9.59 Å². The van der Waals surface area contributed by atoms with Crippen LogP contribution in [-0.2, 0) is 0 Å². The minimum Gasteiger partial charge on any atom is -0.382 e. The Bertz CT molecular complexity index is 1460. The minimum absolute atomic E-state index is 0.0161. The van der Waals surface area contributed by atoms with Crippen LogP contribution in [0.4, 0.5) is 23.0 Å². The smallest absolute Gasteiger partial charge is 0.196 e. The first-order valence-corrected chi connectivity index (χ1v) is 10.1. The molecule has 0 unspecified atom stereocenters. The molecule has 0 spiro atoms. The summed E-state index contributed by atoms with van der Waals surface area (Å²) in [6, 6.07) is 12.9. The van der Waals surface area contributed by atoms with Crippen LogP contribution in [0.2, 0.25) is 5.02 Å². The predicted octanol–water partition coefficient (Wildman–Crippen LogP) is 4.55. The van der Waals surface area contributed by atoms with Crippen LogP contribution in [0.15, 0.2) is 71.2 Å². The van der Waals surface area contributed by atoms with Crippen molar-refractivity contribution in [3.63, 3.8) is 0 Å². The van der Waals surface area contributed by atoms with Crippen molar-refractivity contribution in [2.24, 2.45) is 10.2 Å². The summed E-state index contributed by atoms with van der Waals surface area (Å²) < 4.78 is 0. The molecular formula is C23H14ClN7O2.